The van der Waals surface area contributed by atoms with Crippen molar-refractivity contribution in [2.24, 2.45) is 5.92 Å². The Hall–Kier alpha value is -2.12. The van der Waals surface area contributed by atoms with Gasteiger partial charge < -0.3 is 10.0 Å². The topological polar surface area (TPSA) is 70.5 Å². The molecule has 1 aliphatic heterocycles. The lowest BCUT2D eigenvalue weighted by atomic mass is 10.1. The number of carboxylic acids is 1. The number of halogens is 3. The number of pyridine rings is 1. The van der Waals surface area contributed by atoms with Crippen LogP contribution in [-0.2, 0) is 15.8 Å². The molecule has 1 saturated heterocycles. The van der Waals surface area contributed by atoms with E-state index in [0.717, 1.165) is 23.2 Å². The minimum absolute atomic E-state index is 0.0544. The molecule has 1 atom stereocenters. The lowest BCUT2D eigenvalue weighted by Crippen LogP contribution is -2.26. The molecule has 0 spiro atoms. The van der Waals surface area contributed by atoms with Crippen molar-refractivity contribution in [1.82, 2.24) is 4.98 Å². The van der Waals surface area contributed by atoms with Crippen molar-refractivity contribution >= 4 is 17.6 Å². The van der Waals surface area contributed by atoms with Crippen LogP contribution in [-0.4, -0.2) is 28.5 Å². The van der Waals surface area contributed by atoms with E-state index in [-0.39, 0.29) is 18.7 Å². The van der Waals surface area contributed by atoms with Crippen LogP contribution in [0.1, 0.15) is 12.1 Å². The van der Waals surface area contributed by atoms with E-state index in [2.05, 4.69) is 4.98 Å². The van der Waals surface area contributed by atoms with E-state index >= 15 is 0 Å². The fourth-order valence-electron chi connectivity index (χ4n) is 1.84. The normalized spacial score (nSPS) is 19.8. The van der Waals surface area contributed by atoms with E-state index in [1.165, 1.54) is 0 Å². The highest BCUT2D eigenvalue weighted by Gasteiger charge is 2.36. The number of carboxylic acid groups (broad SMARTS) is 1. The highest BCUT2D eigenvalue weighted by atomic mass is 19.4. The number of rotatable bonds is 2. The quantitative estimate of drug-likeness (QED) is 0.888. The molecule has 1 N–H and O–H groups in total. The summed E-state index contributed by atoms with van der Waals surface area (Å²) in [5.74, 6) is -2.38. The summed E-state index contributed by atoms with van der Waals surface area (Å²) < 4.78 is 37.0. The molecule has 1 unspecified atom stereocenters. The van der Waals surface area contributed by atoms with Gasteiger partial charge in [0, 0.05) is 13.0 Å². The van der Waals surface area contributed by atoms with Gasteiger partial charge in [-0.25, -0.2) is 4.98 Å². The van der Waals surface area contributed by atoms with Crippen LogP contribution in [0.25, 0.3) is 0 Å². The maximum atomic E-state index is 12.3. The van der Waals surface area contributed by atoms with E-state index < -0.39 is 29.7 Å². The average molecular weight is 274 g/mol. The maximum Gasteiger partial charge on any atom is 0.433 e. The Labute approximate surface area is 105 Å². The van der Waals surface area contributed by atoms with Crippen molar-refractivity contribution in [3.63, 3.8) is 0 Å². The number of carbonyl (C=O) groups excluding carboxylic acids is 1. The zero-order valence-corrected chi connectivity index (χ0v) is 9.52. The molecule has 0 aromatic carbocycles. The van der Waals surface area contributed by atoms with E-state index in [9.17, 15) is 22.8 Å². The standard InChI is InChI=1S/C11H9F3N2O3/c12-11(13,14)8-2-1-7(4-15-8)16-5-6(10(18)19)3-9(16)17/h1-2,4,6H,3,5H2,(H,18,19). The van der Waals surface area contributed by atoms with Gasteiger partial charge in [0.15, 0.2) is 0 Å². The van der Waals surface area contributed by atoms with Crippen LogP contribution in [0.5, 0.6) is 0 Å². The van der Waals surface area contributed by atoms with Crippen molar-refractivity contribution in [2.45, 2.75) is 12.6 Å². The Morgan fingerprint density at radius 2 is 2.11 bits per heavy atom. The highest BCUT2D eigenvalue weighted by Crippen LogP contribution is 2.30. The van der Waals surface area contributed by atoms with E-state index in [4.69, 9.17) is 5.11 Å². The zero-order valence-electron chi connectivity index (χ0n) is 9.52. The predicted molar refractivity (Wildman–Crippen MR) is 57.3 cm³/mol. The molecule has 1 aliphatic rings. The number of aromatic nitrogens is 1. The molecule has 2 heterocycles. The Morgan fingerprint density at radius 3 is 2.53 bits per heavy atom. The highest BCUT2D eigenvalue weighted by molar-refractivity contribution is 5.99. The van der Waals surface area contributed by atoms with Crippen molar-refractivity contribution in [3.8, 4) is 0 Å². The van der Waals surface area contributed by atoms with Crippen molar-refractivity contribution in [1.29, 1.82) is 0 Å². The Bertz CT molecular complexity index is 513. The molecular weight excluding hydrogens is 265 g/mol. The number of nitrogens with zero attached hydrogens (tertiary/aromatic N) is 2. The molecular formula is C11H9F3N2O3. The van der Waals surface area contributed by atoms with Crippen LogP contribution in [0.15, 0.2) is 18.3 Å². The van der Waals surface area contributed by atoms with Crippen molar-refractivity contribution < 1.29 is 27.9 Å². The van der Waals surface area contributed by atoms with Crippen molar-refractivity contribution in [2.75, 3.05) is 11.4 Å². The first-order valence-electron chi connectivity index (χ1n) is 5.35. The molecule has 1 amide bonds. The van der Waals surface area contributed by atoms with Gasteiger partial charge in [-0.3, -0.25) is 9.59 Å². The molecule has 0 saturated carbocycles. The Kier molecular flexibility index (Phi) is 3.17. The molecule has 1 fully saturated rings. The van der Waals surface area contributed by atoms with Gasteiger partial charge in [-0.05, 0) is 12.1 Å². The predicted octanol–water partition coefficient (Wildman–Crippen LogP) is 1.54. The van der Waals surface area contributed by atoms with E-state index in [1.54, 1.807) is 0 Å². The summed E-state index contributed by atoms with van der Waals surface area (Å²) in [6.07, 6.45) is -3.78. The van der Waals surface area contributed by atoms with E-state index in [1.807, 2.05) is 0 Å². The molecule has 0 bridgehead atoms. The third-order valence-electron chi connectivity index (χ3n) is 2.82. The summed E-state index contributed by atoms with van der Waals surface area (Å²) in [6, 6.07) is 1.87. The summed E-state index contributed by atoms with van der Waals surface area (Å²) in [4.78, 5) is 26.7. The number of amides is 1. The SMILES string of the molecule is O=C(O)C1CC(=O)N(c2ccc(C(F)(F)F)nc2)C1. The third-order valence-corrected chi connectivity index (χ3v) is 2.82. The summed E-state index contributed by atoms with van der Waals surface area (Å²) in [6.45, 7) is -0.0544. The van der Waals surface area contributed by atoms with Crippen LogP contribution in [0.2, 0.25) is 0 Å². The largest absolute Gasteiger partial charge is 0.481 e. The monoisotopic (exact) mass is 274 g/mol. The smallest absolute Gasteiger partial charge is 0.433 e. The van der Waals surface area contributed by atoms with Crippen LogP contribution in [0, 0.1) is 5.92 Å². The van der Waals surface area contributed by atoms with Gasteiger partial charge in [-0.2, -0.15) is 13.2 Å². The Balaban J connectivity index is 2.19. The van der Waals surface area contributed by atoms with Gasteiger partial charge >= 0.3 is 12.1 Å². The van der Waals surface area contributed by atoms with Crippen LogP contribution >= 0.6 is 0 Å². The second kappa shape index (κ2) is 4.52. The maximum absolute atomic E-state index is 12.3. The molecule has 102 valence electrons. The molecule has 2 rings (SSSR count). The molecule has 0 radical (unpaired) electrons. The molecule has 8 heteroatoms. The first kappa shape index (κ1) is 13.3. The fourth-order valence-corrected chi connectivity index (χ4v) is 1.84. The van der Waals surface area contributed by atoms with Gasteiger partial charge in [-0.15, -0.1) is 0 Å². The molecule has 5 nitrogen and oxygen atoms in total. The number of carbonyl (C=O) groups is 2. The summed E-state index contributed by atoms with van der Waals surface area (Å²) in [5.41, 5.74) is -0.889. The van der Waals surface area contributed by atoms with Gasteiger partial charge in [0.05, 0.1) is 17.8 Å². The minimum Gasteiger partial charge on any atom is -0.481 e. The second-order valence-electron chi connectivity index (χ2n) is 4.14. The summed E-state index contributed by atoms with van der Waals surface area (Å²) >= 11 is 0. The number of aliphatic carboxylic acids is 1. The number of anilines is 1. The van der Waals surface area contributed by atoms with Crippen molar-refractivity contribution in [3.05, 3.63) is 24.0 Å². The van der Waals surface area contributed by atoms with Gasteiger partial charge in [0.25, 0.3) is 0 Å². The number of alkyl halides is 3. The molecule has 1 aromatic rings. The second-order valence-corrected chi connectivity index (χ2v) is 4.14. The average Bonchev–Trinajstić information content (AvgIpc) is 2.70. The number of hydrogen-bond acceptors (Lipinski definition) is 3. The van der Waals surface area contributed by atoms with Gasteiger partial charge in [0.1, 0.15) is 5.69 Å². The zero-order chi connectivity index (χ0) is 14.2. The Morgan fingerprint density at radius 1 is 1.42 bits per heavy atom. The van der Waals surface area contributed by atoms with Gasteiger partial charge in [-0.1, -0.05) is 0 Å². The van der Waals surface area contributed by atoms with Crippen LogP contribution in [0.3, 0.4) is 0 Å². The van der Waals surface area contributed by atoms with Crippen LogP contribution < -0.4 is 4.90 Å². The molecule has 1 aromatic heterocycles. The summed E-state index contributed by atoms with van der Waals surface area (Å²) in [5, 5.41) is 8.80. The first-order chi connectivity index (χ1) is 8.79. The third kappa shape index (κ3) is 2.67. The number of hydrogen-bond donors (Lipinski definition) is 1. The van der Waals surface area contributed by atoms with E-state index in [0.29, 0.717) is 0 Å². The minimum atomic E-state index is -4.54. The first-order valence-corrected chi connectivity index (χ1v) is 5.35. The van der Waals surface area contributed by atoms with Crippen LogP contribution in [0.4, 0.5) is 18.9 Å². The van der Waals surface area contributed by atoms with Gasteiger partial charge in [0.2, 0.25) is 5.91 Å². The fraction of sp³-hybridized carbons (Fsp3) is 0.364. The molecule has 19 heavy (non-hydrogen) atoms. The summed E-state index contributed by atoms with van der Waals surface area (Å²) in [7, 11) is 0. The molecule has 0 aliphatic carbocycles. The lowest BCUT2D eigenvalue weighted by molar-refractivity contribution is -0.142. The lowest BCUT2D eigenvalue weighted by Gasteiger charge is -2.16.